The van der Waals surface area contributed by atoms with Crippen LogP contribution in [-0.2, 0) is 14.4 Å². The molecule has 9 nitrogen and oxygen atoms in total. The monoisotopic (exact) mass is 500 g/mol. The number of carboxylic acid groups (broad SMARTS) is 1. The van der Waals surface area contributed by atoms with Gasteiger partial charge in [-0.25, -0.2) is 9.59 Å². The molecule has 9 heteroatoms. The molecule has 1 heterocycles. The fourth-order valence-corrected chi connectivity index (χ4v) is 4.59. The van der Waals surface area contributed by atoms with Gasteiger partial charge in [-0.2, -0.15) is 5.90 Å². The van der Waals surface area contributed by atoms with E-state index in [1.165, 1.54) is 6.08 Å². The predicted molar refractivity (Wildman–Crippen MR) is 139 cm³/mol. The van der Waals surface area contributed by atoms with Crippen LogP contribution in [-0.4, -0.2) is 34.5 Å². The number of rotatable bonds is 8. The highest BCUT2D eigenvalue weighted by atomic mass is 16.6. The number of benzene rings is 3. The van der Waals surface area contributed by atoms with Crippen molar-refractivity contribution in [2.24, 2.45) is 5.90 Å². The largest absolute Gasteiger partial charge is 0.475 e. The highest BCUT2D eigenvalue weighted by Crippen LogP contribution is 2.43. The van der Waals surface area contributed by atoms with Gasteiger partial charge in [-0.05, 0) is 47.7 Å². The summed E-state index contributed by atoms with van der Waals surface area (Å²) in [6.45, 7) is -0.178. The van der Waals surface area contributed by atoms with Crippen LogP contribution >= 0.6 is 0 Å². The molecule has 0 aliphatic carbocycles. The number of nitrogens with zero attached hydrogens (tertiary/aromatic N) is 1. The quantitative estimate of drug-likeness (QED) is 0.208. The standard InChI is InChI=1S/C28H28N4O5/c29-37-25(27(34)35)17-19-8-7-13-22(16-19)31-28(36)30-18-26(33)32-23(20-9-3-1-4-10-20)14-15-24(32)21-11-5-2-6-12-21/h1-13,16-17,23-24H,14-15,18,29H2,(H,34,35)(H2,30,31,36)/t23-,24+. The molecule has 0 bridgehead atoms. The van der Waals surface area contributed by atoms with Crippen LogP contribution in [0, 0.1) is 0 Å². The lowest BCUT2D eigenvalue weighted by atomic mass is 10.0. The molecule has 4 rings (SSSR count). The van der Waals surface area contributed by atoms with Crippen molar-refractivity contribution < 1.29 is 24.3 Å². The van der Waals surface area contributed by atoms with Gasteiger partial charge in [0.15, 0.2) is 0 Å². The lowest BCUT2D eigenvalue weighted by Gasteiger charge is -2.31. The van der Waals surface area contributed by atoms with E-state index in [1.807, 2.05) is 65.6 Å². The van der Waals surface area contributed by atoms with Gasteiger partial charge in [0, 0.05) is 5.69 Å². The molecule has 0 saturated carbocycles. The molecule has 2 atom stereocenters. The van der Waals surface area contributed by atoms with Crippen LogP contribution in [0.2, 0.25) is 0 Å². The van der Waals surface area contributed by atoms with Crippen LogP contribution < -0.4 is 16.5 Å². The van der Waals surface area contributed by atoms with E-state index in [9.17, 15) is 14.4 Å². The molecule has 5 N–H and O–H groups in total. The van der Waals surface area contributed by atoms with Crippen molar-refractivity contribution in [3.63, 3.8) is 0 Å². The number of carboxylic acids is 1. The van der Waals surface area contributed by atoms with E-state index in [1.54, 1.807) is 24.3 Å². The Hall–Kier alpha value is -4.63. The third kappa shape index (κ3) is 6.33. The van der Waals surface area contributed by atoms with Gasteiger partial charge in [0.05, 0.1) is 18.6 Å². The summed E-state index contributed by atoms with van der Waals surface area (Å²) >= 11 is 0. The van der Waals surface area contributed by atoms with Crippen molar-refractivity contribution in [3.05, 3.63) is 107 Å². The van der Waals surface area contributed by atoms with Crippen molar-refractivity contribution in [1.82, 2.24) is 10.2 Å². The van der Waals surface area contributed by atoms with E-state index in [-0.39, 0.29) is 24.5 Å². The van der Waals surface area contributed by atoms with Crippen LogP contribution in [0.1, 0.15) is 41.6 Å². The van der Waals surface area contributed by atoms with Crippen LogP contribution in [0.25, 0.3) is 6.08 Å². The van der Waals surface area contributed by atoms with Gasteiger partial charge in [0.1, 0.15) is 0 Å². The highest BCUT2D eigenvalue weighted by molar-refractivity contribution is 5.93. The Morgan fingerprint density at radius 3 is 2.05 bits per heavy atom. The molecule has 1 aliphatic heterocycles. The zero-order valence-corrected chi connectivity index (χ0v) is 20.0. The first-order chi connectivity index (χ1) is 18.0. The molecule has 0 radical (unpaired) electrons. The van der Waals surface area contributed by atoms with Gasteiger partial charge in [0.2, 0.25) is 11.7 Å². The molecular weight excluding hydrogens is 472 g/mol. The summed E-state index contributed by atoms with van der Waals surface area (Å²) in [5, 5.41) is 14.4. The average Bonchev–Trinajstić information content (AvgIpc) is 3.37. The number of nitrogens with two attached hydrogens (primary N) is 1. The summed E-state index contributed by atoms with van der Waals surface area (Å²) in [7, 11) is 0. The molecule has 0 spiro atoms. The summed E-state index contributed by atoms with van der Waals surface area (Å²) in [5.41, 5.74) is 2.99. The molecular formula is C28H28N4O5. The molecule has 1 aliphatic rings. The number of urea groups is 1. The highest BCUT2D eigenvalue weighted by Gasteiger charge is 2.38. The molecule has 0 unspecified atom stereocenters. The number of carbonyl (C=O) groups is 3. The Morgan fingerprint density at radius 1 is 0.919 bits per heavy atom. The maximum absolute atomic E-state index is 13.4. The summed E-state index contributed by atoms with van der Waals surface area (Å²) in [6.07, 6.45) is 2.88. The van der Waals surface area contributed by atoms with Crippen molar-refractivity contribution in [2.75, 3.05) is 11.9 Å². The number of likely N-dealkylation sites (tertiary alicyclic amines) is 1. The normalized spacial score (nSPS) is 17.2. The Labute approximate surface area is 214 Å². The second kappa shape index (κ2) is 11.9. The topological polar surface area (TPSA) is 134 Å². The van der Waals surface area contributed by atoms with Crippen molar-refractivity contribution >= 4 is 29.7 Å². The molecule has 3 aromatic carbocycles. The molecule has 1 saturated heterocycles. The molecule has 0 aromatic heterocycles. The molecule has 37 heavy (non-hydrogen) atoms. The number of hydrogen-bond acceptors (Lipinski definition) is 5. The molecule has 3 amide bonds. The van der Waals surface area contributed by atoms with E-state index >= 15 is 0 Å². The number of amides is 3. The van der Waals surface area contributed by atoms with E-state index in [4.69, 9.17) is 11.0 Å². The Kier molecular flexibility index (Phi) is 8.17. The lowest BCUT2D eigenvalue weighted by molar-refractivity contribution is -0.136. The third-order valence-electron chi connectivity index (χ3n) is 6.22. The fourth-order valence-electron chi connectivity index (χ4n) is 4.59. The van der Waals surface area contributed by atoms with Crippen LogP contribution in [0.5, 0.6) is 0 Å². The summed E-state index contributed by atoms with van der Waals surface area (Å²) < 4.78 is 0. The van der Waals surface area contributed by atoms with Gasteiger partial charge in [-0.3, -0.25) is 4.79 Å². The first-order valence-corrected chi connectivity index (χ1v) is 11.8. The molecule has 190 valence electrons. The van der Waals surface area contributed by atoms with Gasteiger partial charge in [0.25, 0.3) is 0 Å². The average molecular weight is 501 g/mol. The smallest absolute Gasteiger partial charge is 0.373 e. The zero-order chi connectivity index (χ0) is 26.2. The maximum atomic E-state index is 13.4. The van der Waals surface area contributed by atoms with E-state index in [0.29, 0.717) is 11.3 Å². The Morgan fingerprint density at radius 2 is 1.51 bits per heavy atom. The van der Waals surface area contributed by atoms with Gasteiger partial charge in [-0.1, -0.05) is 72.8 Å². The second-order valence-corrected chi connectivity index (χ2v) is 8.60. The number of hydrogen-bond donors (Lipinski definition) is 4. The molecule has 1 fully saturated rings. The van der Waals surface area contributed by atoms with Gasteiger partial charge >= 0.3 is 12.0 Å². The Bertz CT molecular complexity index is 1230. The van der Waals surface area contributed by atoms with Crippen molar-refractivity contribution in [2.45, 2.75) is 24.9 Å². The van der Waals surface area contributed by atoms with Crippen molar-refractivity contribution in [3.8, 4) is 0 Å². The zero-order valence-electron chi connectivity index (χ0n) is 20.0. The molecule has 3 aromatic rings. The van der Waals surface area contributed by atoms with Crippen molar-refractivity contribution in [1.29, 1.82) is 0 Å². The second-order valence-electron chi connectivity index (χ2n) is 8.60. The van der Waals surface area contributed by atoms with Gasteiger partial charge in [-0.15, -0.1) is 0 Å². The summed E-state index contributed by atoms with van der Waals surface area (Å²) in [4.78, 5) is 43.3. The number of aliphatic carboxylic acids is 1. The number of anilines is 1. The van der Waals surface area contributed by atoms with E-state index < -0.39 is 17.8 Å². The van der Waals surface area contributed by atoms with Gasteiger partial charge < -0.3 is 25.5 Å². The SMILES string of the molecule is NOC(=Cc1cccc(NC(=O)NCC(=O)N2[C@@H](c3ccccc3)CC[C@H]2c2ccccc2)c1)C(=O)O. The summed E-state index contributed by atoms with van der Waals surface area (Å²) in [6, 6.07) is 25.6. The minimum atomic E-state index is -1.32. The minimum Gasteiger partial charge on any atom is -0.475 e. The number of carbonyl (C=O) groups excluding carboxylic acids is 2. The minimum absolute atomic E-state index is 0.0829. The Balaban J connectivity index is 1.44. The predicted octanol–water partition coefficient (Wildman–Crippen LogP) is 4.23. The maximum Gasteiger partial charge on any atom is 0.373 e. The first-order valence-electron chi connectivity index (χ1n) is 11.8. The van der Waals surface area contributed by atoms with Crippen LogP contribution in [0.3, 0.4) is 0 Å². The van der Waals surface area contributed by atoms with Crippen LogP contribution in [0.4, 0.5) is 10.5 Å². The summed E-state index contributed by atoms with van der Waals surface area (Å²) in [5.74, 6) is 3.04. The fraction of sp³-hybridized carbons (Fsp3) is 0.179. The van der Waals surface area contributed by atoms with Crippen LogP contribution in [0.15, 0.2) is 90.7 Å². The number of nitrogens with one attached hydrogen (secondary N) is 2. The van der Waals surface area contributed by atoms with E-state index in [2.05, 4.69) is 15.5 Å². The lowest BCUT2D eigenvalue weighted by Crippen LogP contribution is -2.42. The first kappa shape index (κ1) is 25.5. The third-order valence-corrected chi connectivity index (χ3v) is 6.22. The van der Waals surface area contributed by atoms with E-state index in [0.717, 1.165) is 24.0 Å².